The zero-order valence-electron chi connectivity index (χ0n) is 11.3. The average molecular weight is 449 g/mol. The van der Waals surface area contributed by atoms with Crippen LogP contribution in [-0.4, -0.2) is 9.91 Å². The summed E-state index contributed by atoms with van der Waals surface area (Å²) < 4.78 is 1.26. The van der Waals surface area contributed by atoms with Crippen molar-refractivity contribution in [3.63, 3.8) is 0 Å². The number of nitrogens with zero attached hydrogens (tertiary/aromatic N) is 2. The van der Waals surface area contributed by atoms with Crippen LogP contribution in [0.25, 0.3) is 0 Å². The molecule has 20 heavy (non-hydrogen) atoms. The number of pyridine rings is 1. The van der Waals surface area contributed by atoms with Crippen molar-refractivity contribution in [1.29, 1.82) is 5.26 Å². The van der Waals surface area contributed by atoms with Crippen molar-refractivity contribution in [2.45, 2.75) is 6.92 Å². The first-order valence-electron chi connectivity index (χ1n) is 5.76. The van der Waals surface area contributed by atoms with Crippen LogP contribution in [-0.2, 0) is 32.7 Å². The first kappa shape index (κ1) is 17.3. The smallest absolute Gasteiger partial charge is 0 e. The number of benzene rings is 1. The number of rotatable bonds is 1. The number of aryl methyl sites for hydroxylation is 1. The van der Waals surface area contributed by atoms with Crippen LogP contribution < -0.4 is 0 Å². The molecule has 1 heterocycles. The fourth-order valence-electron chi connectivity index (χ4n) is 1.60. The molecule has 0 aliphatic heterocycles. The summed E-state index contributed by atoms with van der Waals surface area (Å²) in [4.78, 5) is 6.54. The van der Waals surface area contributed by atoms with Gasteiger partial charge in [0.05, 0.1) is 0 Å². The number of alkyl halides is 1. The van der Waals surface area contributed by atoms with Crippen LogP contribution in [0.15, 0.2) is 36.4 Å². The third-order valence-corrected chi connectivity index (χ3v) is 4.51. The minimum Gasteiger partial charge on any atom is 0 e. The van der Waals surface area contributed by atoms with Crippen molar-refractivity contribution in [3.8, 4) is 17.9 Å². The minimum atomic E-state index is -0.206. The summed E-state index contributed by atoms with van der Waals surface area (Å²) in [6.07, 6.45) is 0. The predicted molar refractivity (Wildman–Crippen MR) is 86.1 cm³/mol. The van der Waals surface area contributed by atoms with Crippen LogP contribution in [0.4, 0.5) is 0 Å². The molecule has 0 aliphatic carbocycles. The molecule has 0 bridgehead atoms. The van der Waals surface area contributed by atoms with E-state index in [9.17, 15) is 0 Å². The maximum Gasteiger partial charge on any atom is 0 e. The van der Waals surface area contributed by atoms with Gasteiger partial charge in [-0.3, -0.25) is 0 Å². The molecule has 0 aliphatic rings. The number of halogens is 1. The van der Waals surface area contributed by atoms with E-state index in [4.69, 9.17) is 5.26 Å². The summed E-state index contributed by atoms with van der Waals surface area (Å²) in [5.41, 5.74) is 3.30. The van der Waals surface area contributed by atoms with Gasteiger partial charge in [0.15, 0.2) is 0 Å². The van der Waals surface area contributed by atoms with Gasteiger partial charge in [-0.1, -0.05) is 0 Å². The van der Waals surface area contributed by atoms with Crippen molar-refractivity contribution in [2.24, 2.45) is 0 Å². The summed E-state index contributed by atoms with van der Waals surface area (Å²) in [6, 6.07) is 13.8. The van der Waals surface area contributed by atoms with Gasteiger partial charge in [-0.25, -0.2) is 0 Å². The second-order valence-corrected chi connectivity index (χ2v) is 6.49. The number of aromatic nitrogens is 1. The summed E-state index contributed by atoms with van der Waals surface area (Å²) in [6.45, 7) is 1.95. The van der Waals surface area contributed by atoms with E-state index in [1.165, 1.54) is 3.57 Å². The van der Waals surface area contributed by atoms with Gasteiger partial charge in [0, 0.05) is 32.7 Å². The first-order valence-corrected chi connectivity index (χ1v) is 9.25. The summed E-state index contributed by atoms with van der Waals surface area (Å²) in [5, 5.41) is 9.01. The monoisotopic (exact) mass is 449 g/mol. The summed E-state index contributed by atoms with van der Waals surface area (Å²) in [5.74, 6) is 6.14. The van der Waals surface area contributed by atoms with E-state index in [1.807, 2.05) is 37.3 Å². The molecule has 0 amide bonds. The van der Waals surface area contributed by atoms with Crippen LogP contribution in [0.1, 0.15) is 22.5 Å². The Balaban J connectivity index is 0.00000200. The molecule has 1 aromatic heterocycles. The van der Waals surface area contributed by atoms with Gasteiger partial charge in [-0.15, -0.1) is 0 Å². The normalized spacial score (nSPS) is 9.05. The third kappa shape index (κ3) is 4.98. The molecule has 0 N–H and O–H groups in total. The van der Waals surface area contributed by atoms with E-state index >= 15 is 0 Å². The number of hydrogen-bond acceptors (Lipinski definition) is 2. The van der Waals surface area contributed by atoms with Gasteiger partial charge in [0.25, 0.3) is 0 Å². The van der Waals surface area contributed by atoms with Crippen LogP contribution in [0.3, 0.4) is 0 Å². The minimum absolute atomic E-state index is 0. The molecule has 2 nitrogen and oxygen atoms in total. The Morgan fingerprint density at radius 3 is 2.50 bits per heavy atom. The van der Waals surface area contributed by atoms with Crippen molar-refractivity contribution >= 4 is 21.2 Å². The van der Waals surface area contributed by atoms with Crippen LogP contribution >= 0.6 is 21.2 Å². The van der Waals surface area contributed by atoms with Crippen molar-refractivity contribution in [2.75, 3.05) is 4.93 Å². The van der Waals surface area contributed by atoms with E-state index in [0.29, 0.717) is 5.56 Å². The molecular weight excluding hydrogens is 436 g/mol. The van der Waals surface area contributed by atoms with E-state index in [-0.39, 0.29) is 53.9 Å². The molecule has 2 rings (SSSR count). The Morgan fingerprint density at radius 2 is 1.85 bits per heavy atom. The summed E-state index contributed by atoms with van der Waals surface area (Å²) in [7, 11) is 0. The molecule has 0 spiro atoms. The molecule has 2 aromatic rings. The summed E-state index contributed by atoms with van der Waals surface area (Å²) >= 11 is -0.206. The maximum atomic E-state index is 9.01. The van der Waals surface area contributed by atoms with Crippen molar-refractivity contribution in [3.05, 3.63) is 62.5 Å². The molecule has 0 atom stereocenters. The van der Waals surface area contributed by atoms with Crippen LogP contribution in [0.5, 0.6) is 0 Å². The second kappa shape index (κ2) is 8.52. The topological polar surface area (TPSA) is 36.7 Å². The first-order chi connectivity index (χ1) is 9.21. The zero-order valence-corrected chi connectivity index (χ0v) is 16.5. The molecule has 1 radical (unpaired) electrons. The quantitative estimate of drug-likeness (QED) is 0.381. The molecule has 4 heteroatoms. The van der Waals surface area contributed by atoms with E-state index in [1.54, 1.807) is 0 Å². The fraction of sp³-hybridized carbons (Fsp3) is 0.125. The Hall–Kier alpha value is -0.746. The van der Waals surface area contributed by atoms with E-state index in [0.717, 1.165) is 17.0 Å². The Bertz CT molecular complexity index is 708. The molecule has 0 saturated carbocycles. The third-order valence-electron chi connectivity index (χ3n) is 2.49. The zero-order chi connectivity index (χ0) is 13.7. The van der Waals surface area contributed by atoms with Gasteiger partial charge in [0.1, 0.15) is 0 Å². The van der Waals surface area contributed by atoms with Gasteiger partial charge < -0.3 is 0 Å². The van der Waals surface area contributed by atoms with Gasteiger partial charge in [-0.2, -0.15) is 0 Å². The van der Waals surface area contributed by atoms with E-state index < -0.39 is 0 Å². The van der Waals surface area contributed by atoms with Crippen molar-refractivity contribution < 1.29 is 32.7 Å². The number of nitriles is 1. The Kier molecular flexibility index (Phi) is 7.37. The largest absolute Gasteiger partial charge is 0 e. The average Bonchev–Trinajstić information content (AvgIpc) is 2.44. The molecule has 97 valence electrons. The van der Waals surface area contributed by atoms with E-state index in [2.05, 4.69) is 33.9 Å². The molecule has 1 aromatic carbocycles. The van der Waals surface area contributed by atoms with Crippen LogP contribution in [0.2, 0.25) is 0 Å². The van der Waals surface area contributed by atoms with Gasteiger partial charge in [0.2, 0.25) is 0 Å². The SMILES string of the molecule is C[IH]c1cc(C#N)cc(C#Cc2cccc(C)n2)c1.[Y]. The van der Waals surface area contributed by atoms with Gasteiger partial charge >= 0.3 is 124 Å². The Morgan fingerprint density at radius 1 is 1.10 bits per heavy atom. The number of hydrogen-bond donors (Lipinski definition) is 0. The van der Waals surface area contributed by atoms with Crippen LogP contribution in [0, 0.1) is 33.7 Å². The fourth-order valence-corrected chi connectivity index (χ4v) is 3.00. The van der Waals surface area contributed by atoms with Gasteiger partial charge in [-0.05, 0) is 0 Å². The maximum absolute atomic E-state index is 9.01. The molecule has 0 saturated heterocycles. The molecule has 0 fully saturated rings. The second-order valence-electron chi connectivity index (χ2n) is 3.98. The molecule has 0 unspecified atom stereocenters. The Labute approximate surface area is 155 Å². The molecular formula is C16H13IN2Y. The van der Waals surface area contributed by atoms with Crippen molar-refractivity contribution in [1.82, 2.24) is 4.98 Å². The predicted octanol–water partition coefficient (Wildman–Crippen LogP) is 3.16. The standard InChI is InChI=1S/C16H13IN2.Y/c1-12-4-3-5-16(19-12)7-6-13-8-14(11-18)10-15(9-13)17-2;/h3-5,8-10,17H,1-2H3;.